The number of hydrogen-bond acceptors (Lipinski definition) is 3. The molecular formula is C10H15NO2S. The Morgan fingerprint density at radius 1 is 1.71 bits per heavy atom. The predicted octanol–water partition coefficient (Wildman–Crippen LogP) is 2.37. The zero-order valence-corrected chi connectivity index (χ0v) is 9.26. The van der Waals surface area contributed by atoms with Crippen LogP contribution >= 0.6 is 11.8 Å². The Kier molecular flexibility index (Phi) is 4.59. The summed E-state index contributed by atoms with van der Waals surface area (Å²) >= 11 is 1.74. The molecule has 4 heteroatoms. The van der Waals surface area contributed by atoms with Gasteiger partial charge in [-0.2, -0.15) is 11.8 Å². The minimum absolute atomic E-state index is 0.143. The van der Waals surface area contributed by atoms with Crippen LogP contribution in [0.25, 0.3) is 0 Å². The van der Waals surface area contributed by atoms with E-state index in [0.717, 1.165) is 6.42 Å². The Hall–Kier alpha value is -0.900. The van der Waals surface area contributed by atoms with E-state index in [9.17, 15) is 4.79 Å². The van der Waals surface area contributed by atoms with E-state index >= 15 is 0 Å². The van der Waals surface area contributed by atoms with Crippen LogP contribution < -0.4 is 0 Å². The number of methoxy groups -OCH3 is 1. The largest absolute Gasteiger partial charge is 0.469 e. The molecule has 3 nitrogen and oxygen atoms in total. The van der Waals surface area contributed by atoms with Gasteiger partial charge in [-0.3, -0.25) is 4.79 Å². The number of rotatable bonds is 5. The molecule has 78 valence electrons. The molecule has 0 aromatic carbocycles. The topological polar surface area (TPSA) is 42.1 Å². The molecule has 14 heavy (non-hydrogen) atoms. The zero-order chi connectivity index (χ0) is 10.4. The van der Waals surface area contributed by atoms with Crippen molar-refractivity contribution in [2.75, 3.05) is 13.4 Å². The summed E-state index contributed by atoms with van der Waals surface area (Å²) in [6, 6.07) is 4.01. The zero-order valence-electron chi connectivity index (χ0n) is 8.45. The smallest absolute Gasteiger partial charge is 0.305 e. The molecule has 1 N–H and O–H groups in total. The van der Waals surface area contributed by atoms with Crippen molar-refractivity contribution in [3.8, 4) is 0 Å². The summed E-state index contributed by atoms with van der Waals surface area (Å²) in [4.78, 5) is 14.1. The number of esters is 1. The molecule has 0 spiro atoms. The highest BCUT2D eigenvalue weighted by atomic mass is 32.2. The number of thioether (sulfide) groups is 1. The Morgan fingerprint density at radius 2 is 2.50 bits per heavy atom. The quantitative estimate of drug-likeness (QED) is 0.763. The monoisotopic (exact) mass is 213 g/mol. The van der Waals surface area contributed by atoms with Crippen LogP contribution in [0.4, 0.5) is 0 Å². The average Bonchev–Trinajstić information content (AvgIpc) is 2.72. The van der Waals surface area contributed by atoms with Crippen LogP contribution in [0.5, 0.6) is 0 Å². The molecule has 0 aliphatic carbocycles. The molecule has 0 aliphatic rings. The standard InChI is InChI=1S/C10H15NO2S/c1-13-10(12)6-5-9(14-2)8-4-3-7-11-8/h3-4,7,9,11H,5-6H2,1-2H3. The maximum atomic E-state index is 11.0. The summed E-state index contributed by atoms with van der Waals surface area (Å²) in [5, 5.41) is 0.351. The summed E-state index contributed by atoms with van der Waals surface area (Å²) in [7, 11) is 1.42. The number of carbonyl (C=O) groups is 1. The molecule has 0 bridgehead atoms. The molecule has 0 amide bonds. The van der Waals surface area contributed by atoms with Gasteiger partial charge in [-0.15, -0.1) is 0 Å². The number of hydrogen-bond donors (Lipinski definition) is 1. The molecule has 0 fully saturated rings. The number of ether oxygens (including phenoxy) is 1. The van der Waals surface area contributed by atoms with Gasteiger partial charge in [0.05, 0.1) is 7.11 Å². The summed E-state index contributed by atoms with van der Waals surface area (Å²) in [6.45, 7) is 0. The van der Waals surface area contributed by atoms with Crippen LogP contribution in [0, 0.1) is 0 Å². The number of nitrogens with one attached hydrogen (secondary N) is 1. The molecule has 1 unspecified atom stereocenters. The molecule has 0 saturated heterocycles. The second-order valence-electron chi connectivity index (χ2n) is 2.96. The first-order valence-corrected chi connectivity index (χ1v) is 5.79. The first kappa shape index (κ1) is 11.2. The van der Waals surface area contributed by atoms with E-state index in [2.05, 4.69) is 9.72 Å². The summed E-state index contributed by atoms with van der Waals surface area (Å²) in [6.07, 6.45) is 5.23. The second kappa shape index (κ2) is 5.75. The fourth-order valence-corrected chi connectivity index (χ4v) is 2.05. The van der Waals surface area contributed by atoms with Crippen molar-refractivity contribution in [1.82, 2.24) is 4.98 Å². The van der Waals surface area contributed by atoms with E-state index in [1.807, 2.05) is 24.6 Å². The minimum Gasteiger partial charge on any atom is -0.469 e. The van der Waals surface area contributed by atoms with Gasteiger partial charge in [0.2, 0.25) is 0 Å². The van der Waals surface area contributed by atoms with E-state index in [4.69, 9.17) is 0 Å². The number of aromatic nitrogens is 1. The molecule has 1 rings (SSSR count). The van der Waals surface area contributed by atoms with Crippen LogP contribution in [-0.2, 0) is 9.53 Å². The van der Waals surface area contributed by atoms with Crippen molar-refractivity contribution in [3.05, 3.63) is 24.0 Å². The number of aromatic amines is 1. The van der Waals surface area contributed by atoms with Gasteiger partial charge in [0, 0.05) is 23.6 Å². The van der Waals surface area contributed by atoms with Crippen LogP contribution in [0.2, 0.25) is 0 Å². The Labute approximate surface area is 88.2 Å². The molecule has 1 atom stereocenters. The Balaban J connectivity index is 2.44. The van der Waals surface area contributed by atoms with Crippen LogP contribution in [-0.4, -0.2) is 24.3 Å². The van der Waals surface area contributed by atoms with Crippen molar-refractivity contribution in [2.45, 2.75) is 18.1 Å². The van der Waals surface area contributed by atoms with Crippen LogP contribution in [0.15, 0.2) is 18.3 Å². The molecular weight excluding hydrogens is 198 g/mol. The number of H-pyrrole nitrogens is 1. The maximum Gasteiger partial charge on any atom is 0.305 e. The first-order valence-electron chi connectivity index (χ1n) is 4.50. The molecule has 0 aliphatic heterocycles. The van der Waals surface area contributed by atoms with E-state index in [-0.39, 0.29) is 5.97 Å². The molecule has 1 heterocycles. The van der Waals surface area contributed by atoms with Gasteiger partial charge in [0.1, 0.15) is 0 Å². The third-order valence-corrected chi connectivity index (χ3v) is 3.15. The SMILES string of the molecule is COC(=O)CCC(SC)c1ccc[nH]1. The molecule has 0 radical (unpaired) electrons. The van der Waals surface area contributed by atoms with Gasteiger partial charge in [0.25, 0.3) is 0 Å². The lowest BCUT2D eigenvalue weighted by molar-refractivity contribution is -0.140. The Morgan fingerprint density at radius 3 is 3.00 bits per heavy atom. The van der Waals surface area contributed by atoms with Gasteiger partial charge >= 0.3 is 5.97 Å². The van der Waals surface area contributed by atoms with Gasteiger partial charge in [0.15, 0.2) is 0 Å². The highest BCUT2D eigenvalue weighted by molar-refractivity contribution is 7.98. The summed E-state index contributed by atoms with van der Waals surface area (Å²) < 4.78 is 4.60. The lowest BCUT2D eigenvalue weighted by Crippen LogP contribution is -2.03. The maximum absolute atomic E-state index is 11.0. The third-order valence-electron chi connectivity index (χ3n) is 2.09. The first-order chi connectivity index (χ1) is 6.77. The van der Waals surface area contributed by atoms with Crippen LogP contribution in [0.1, 0.15) is 23.8 Å². The van der Waals surface area contributed by atoms with E-state index < -0.39 is 0 Å². The van der Waals surface area contributed by atoms with Crippen molar-refractivity contribution >= 4 is 17.7 Å². The van der Waals surface area contributed by atoms with Gasteiger partial charge in [-0.25, -0.2) is 0 Å². The van der Waals surface area contributed by atoms with E-state index in [1.54, 1.807) is 11.8 Å². The van der Waals surface area contributed by atoms with Crippen molar-refractivity contribution in [1.29, 1.82) is 0 Å². The van der Waals surface area contributed by atoms with E-state index in [0.29, 0.717) is 11.7 Å². The average molecular weight is 213 g/mol. The fourth-order valence-electron chi connectivity index (χ4n) is 1.30. The van der Waals surface area contributed by atoms with E-state index in [1.165, 1.54) is 12.8 Å². The lowest BCUT2D eigenvalue weighted by atomic mass is 10.2. The van der Waals surface area contributed by atoms with Crippen molar-refractivity contribution in [3.63, 3.8) is 0 Å². The van der Waals surface area contributed by atoms with Gasteiger partial charge < -0.3 is 9.72 Å². The second-order valence-corrected chi connectivity index (χ2v) is 4.01. The van der Waals surface area contributed by atoms with Crippen LogP contribution in [0.3, 0.4) is 0 Å². The van der Waals surface area contributed by atoms with Crippen molar-refractivity contribution in [2.24, 2.45) is 0 Å². The predicted molar refractivity (Wildman–Crippen MR) is 58.3 cm³/mol. The Bertz CT molecular complexity index is 272. The normalized spacial score (nSPS) is 12.4. The van der Waals surface area contributed by atoms with Crippen molar-refractivity contribution < 1.29 is 9.53 Å². The summed E-state index contributed by atoms with van der Waals surface area (Å²) in [5.74, 6) is -0.143. The molecule has 1 aromatic rings. The summed E-state index contributed by atoms with van der Waals surface area (Å²) in [5.41, 5.74) is 1.17. The van der Waals surface area contributed by atoms with Gasteiger partial charge in [-0.05, 0) is 24.8 Å². The third kappa shape index (κ3) is 3.10. The lowest BCUT2D eigenvalue weighted by Gasteiger charge is -2.11. The highest BCUT2D eigenvalue weighted by Crippen LogP contribution is 2.29. The van der Waals surface area contributed by atoms with Gasteiger partial charge in [-0.1, -0.05) is 0 Å². The number of carbonyl (C=O) groups excluding carboxylic acids is 1. The highest BCUT2D eigenvalue weighted by Gasteiger charge is 2.12. The fraction of sp³-hybridized carbons (Fsp3) is 0.500. The molecule has 1 aromatic heterocycles. The minimum atomic E-state index is -0.143. The molecule has 0 saturated carbocycles.